The number of anilines is 1. The van der Waals surface area contributed by atoms with Crippen molar-refractivity contribution in [3.05, 3.63) is 58.1 Å². The van der Waals surface area contributed by atoms with Crippen molar-refractivity contribution >= 4 is 23.2 Å². The van der Waals surface area contributed by atoms with Crippen molar-refractivity contribution in [2.75, 3.05) is 5.32 Å². The van der Waals surface area contributed by atoms with E-state index in [0.717, 1.165) is 13.1 Å². The Labute approximate surface area is 208 Å². The summed E-state index contributed by atoms with van der Waals surface area (Å²) >= 11 is 5.81. The second-order valence-electron chi connectivity index (χ2n) is 9.71. The number of fused-ring (bicyclic) bond motifs is 1. The standard InChI is InChI=1S/C23H23ClF4N6O2/c1-33-10-29-17(18(33)21(35)30-14-3-4-16(25)15(24)7-14)11-5-12-8-22(36,9-13(12)6-11)19-20(23(26,27)28)34(2)32-31-19/h3-4,7,10-13,36H,5-6,8-9H2,1-2H3,(H,30,35). The molecule has 1 aromatic carbocycles. The van der Waals surface area contributed by atoms with Crippen LogP contribution in [0.2, 0.25) is 5.02 Å². The van der Waals surface area contributed by atoms with Crippen LogP contribution in [0.5, 0.6) is 0 Å². The van der Waals surface area contributed by atoms with Crippen LogP contribution >= 0.6 is 11.6 Å². The summed E-state index contributed by atoms with van der Waals surface area (Å²) in [5.41, 5.74) is -1.94. The van der Waals surface area contributed by atoms with Crippen LogP contribution < -0.4 is 5.32 Å². The Kier molecular flexibility index (Phi) is 5.86. The molecule has 5 rings (SSSR count). The van der Waals surface area contributed by atoms with E-state index in [1.54, 1.807) is 11.6 Å². The summed E-state index contributed by atoms with van der Waals surface area (Å²) in [6, 6.07) is 3.87. The van der Waals surface area contributed by atoms with E-state index < -0.39 is 34.9 Å². The van der Waals surface area contributed by atoms with Gasteiger partial charge in [-0.25, -0.2) is 14.1 Å². The summed E-state index contributed by atoms with van der Waals surface area (Å²) in [7, 11) is 2.84. The third-order valence-corrected chi connectivity index (χ3v) is 7.61. The van der Waals surface area contributed by atoms with Gasteiger partial charge in [0.1, 0.15) is 22.8 Å². The van der Waals surface area contributed by atoms with E-state index in [-0.39, 0.29) is 35.6 Å². The first-order valence-corrected chi connectivity index (χ1v) is 11.7. The number of hydrogen-bond donors (Lipinski definition) is 2. The molecule has 13 heteroatoms. The minimum atomic E-state index is -4.69. The highest BCUT2D eigenvalue weighted by Gasteiger charge is 2.55. The summed E-state index contributed by atoms with van der Waals surface area (Å²) in [5, 5.41) is 21.0. The first-order chi connectivity index (χ1) is 16.9. The monoisotopic (exact) mass is 526 g/mol. The van der Waals surface area contributed by atoms with Crippen molar-refractivity contribution in [3.8, 4) is 0 Å². The van der Waals surface area contributed by atoms with Gasteiger partial charge in [-0.05, 0) is 55.7 Å². The number of aliphatic hydroxyl groups is 1. The van der Waals surface area contributed by atoms with Gasteiger partial charge >= 0.3 is 6.18 Å². The van der Waals surface area contributed by atoms with Gasteiger partial charge in [0.15, 0.2) is 5.69 Å². The Morgan fingerprint density at radius 3 is 2.50 bits per heavy atom. The van der Waals surface area contributed by atoms with Crippen molar-refractivity contribution in [2.24, 2.45) is 25.9 Å². The Balaban J connectivity index is 1.34. The Bertz CT molecular complexity index is 1320. The summed E-state index contributed by atoms with van der Waals surface area (Å²) < 4.78 is 56.4. The second kappa shape index (κ2) is 8.55. The quantitative estimate of drug-likeness (QED) is 0.491. The molecule has 2 aliphatic rings. The smallest absolute Gasteiger partial charge is 0.383 e. The van der Waals surface area contributed by atoms with Gasteiger partial charge < -0.3 is 15.0 Å². The van der Waals surface area contributed by atoms with Gasteiger partial charge in [-0.1, -0.05) is 16.8 Å². The van der Waals surface area contributed by atoms with Crippen molar-refractivity contribution in [3.63, 3.8) is 0 Å². The summed E-state index contributed by atoms with van der Waals surface area (Å²) in [4.78, 5) is 17.5. The van der Waals surface area contributed by atoms with Crippen molar-refractivity contribution in [1.29, 1.82) is 0 Å². The van der Waals surface area contributed by atoms with Gasteiger partial charge in [0.05, 0.1) is 17.0 Å². The molecule has 0 spiro atoms. The fraction of sp³-hybridized carbons (Fsp3) is 0.478. The van der Waals surface area contributed by atoms with Crippen LogP contribution in [0.15, 0.2) is 24.5 Å². The van der Waals surface area contributed by atoms with Crippen LogP contribution in [0.3, 0.4) is 0 Å². The van der Waals surface area contributed by atoms with Gasteiger partial charge in [0.2, 0.25) is 0 Å². The number of rotatable bonds is 4. The normalized spacial score (nSPS) is 25.8. The third kappa shape index (κ3) is 4.15. The van der Waals surface area contributed by atoms with E-state index in [4.69, 9.17) is 11.6 Å². The lowest BCUT2D eigenvalue weighted by Crippen LogP contribution is -2.28. The van der Waals surface area contributed by atoms with Crippen LogP contribution in [0.4, 0.5) is 23.2 Å². The maximum absolute atomic E-state index is 13.6. The Hall–Kier alpha value is -2.99. The summed E-state index contributed by atoms with van der Waals surface area (Å²) in [5.74, 6) is -1.26. The fourth-order valence-electron chi connectivity index (χ4n) is 5.86. The molecule has 3 aromatic rings. The Morgan fingerprint density at radius 1 is 1.22 bits per heavy atom. The van der Waals surface area contributed by atoms with Crippen molar-refractivity contribution < 1.29 is 27.5 Å². The highest BCUT2D eigenvalue weighted by Crippen LogP contribution is 2.57. The molecule has 0 radical (unpaired) electrons. The molecular weight excluding hydrogens is 504 g/mol. The first kappa shape index (κ1) is 24.7. The number of alkyl halides is 3. The molecule has 2 heterocycles. The average Bonchev–Trinajstić information content (AvgIpc) is 3.52. The van der Waals surface area contributed by atoms with Gasteiger partial charge in [-0.2, -0.15) is 13.2 Å². The summed E-state index contributed by atoms with van der Waals surface area (Å²) in [6.45, 7) is 0. The number of amides is 1. The van der Waals surface area contributed by atoms with Gasteiger partial charge in [0.25, 0.3) is 5.91 Å². The zero-order chi connectivity index (χ0) is 26.0. The van der Waals surface area contributed by atoms with Crippen molar-refractivity contribution in [2.45, 2.75) is 43.4 Å². The maximum Gasteiger partial charge on any atom is 0.435 e. The summed E-state index contributed by atoms with van der Waals surface area (Å²) in [6.07, 6.45) is -1.78. The van der Waals surface area contributed by atoms with Crippen molar-refractivity contribution in [1.82, 2.24) is 24.5 Å². The van der Waals surface area contributed by atoms with Crippen LogP contribution in [0.1, 0.15) is 59.2 Å². The number of nitrogens with one attached hydrogen (secondary N) is 1. The largest absolute Gasteiger partial charge is 0.435 e. The minimum absolute atomic E-state index is 0.0584. The second-order valence-corrected chi connectivity index (χ2v) is 10.1. The molecule has 0 aliphatic heterocycles. The number of hydrogen-bond acceptors (Lipinski definition) is 5. The minimum Gasteiger partial charge on any atom is -0.383 e. The van der Waals surface area contributed by atoms with E-state index in [0.29, 0.717) is 34.6 Å². The van der Waals surface area contributed by atoms with Crippen LogP contribution in [0, 0.1) is 17.7 Å². The predicted octanol–water partition coefficient (Wildman–Crippen LogP) is 4.40. The molecule has 2 fully saturated rings. The zero-order valence-electron chi connectivity index (χ0n) is 19.4. The van der Waals surface area contributed by atoms with Gasteiger partial charge in [-0.3, -0.25) is 4.79 Å². The van der Waals surface area contributed by atoms with Gasteiger partial charge in [0, 0.05) is 25.7 Å². The van der Waals surface area contributed by atoms with E-state index in [9.17, 15) is 27.5 Å². The Morgan fingerprint density at radius 2 is 1.89 bits per heavy atom. The van der Waals surface area contributed by atoms with Crippen LogP contribution in [-0.4, -0.2) is 35.6 Å². The molecule has 0 saturated heterocycles. The third-order valence-electron chi connectivity index (χ3n) is 7.32. The molecule has 2 aliphatic carbocycles. The molecule has 2 aromatic heterocycles. The van der Waals surface area contributed by atoms with E-state index >= 15 is 0 Å². The molecule has 2 atom stereocenters. The molecule has 192 valence electrons. The lowest BCUT2D eigenvalue weighted by molar-refractivity contribution is -0.147. The molecule has 1 amide bonds. The number of carbonyl (C=O) groups is 1. The lowest BCUT2D eigenvalue weighted by Gasteiger charge is -2.24. The number of halogens is 5. The number of carbonyl (C=O) groups excluding carboxylic acids is 1. The van der Waals surface area contributed by atoms with E-state index in [1.807, 2.05) is 0 Å². The molecule has 36 heavy (non-hydrogen) atoms. The number of imidazole rings is 1. The number of nitrogens with zero attached hydrogens (tertiary/aromatic N) is 5. The average molecular weight is 527 g/mol. The highest BCUT2D eigenvalue weighted by molar-refractivity contribution is 6.31. The zero-order valence-corrected chi connectivity index (χ0v) is 20.1. The molecule has 2 unspecified atom stereocenters. The predicted molar refractivity (Wildman–Crippen MR) is 121 cm³/mol. The number of aromatic nitrogens is 5. The molecule has 0 bridgehead atoms. The van der Waals surface area contributed by atoms with Gasteiger partial charge in [-0.15, -0.1) is 5.10 Å². The topological polar surface area (TPSA) is 97.9 Å². The first-order valence-electron chi connectivity index (χ1n) is 11.3. The number of benzene rings is 1. The number of aryl methyl sites for hydroxylation is 2. The van der Waals surface area contributed by atoms with E-state index in [1.165, 1.54) is 18.5 Å². The molecule has 2 N–H and O–H groups in total. The van der Waals surface area contributed by atoms with Crippen LogP contribution in [-0.2, 0) is 25.9 Å². The lowest BCUT2D eigenvalue weighted by atomic mass is 9.89. The SMILES string of the molecule is Cn1cnc(C2CC3CC(O)(c4nnn(C)c4C(F)(F)F)CC3C2)c1C(=O)Nc1ccc(F)c(Cl)c1. The maximum atomic E-state index is 13.6. The molecule has 8 nitrogen and oxygen atoms in total. The fourth-order valence-corrected chi connectivity index (χ4v) is 6.04. The molecular formula is C23H23ClF4N6O2. The molecule has 2 saturated carbocycles. The van der Waals surface area contributed by atoms with E-state index in [2.05, 4.69) is 20.6 Å². The van der Waals surface area contributed by atoms with Crippen LogP contribution in [0.25, 0.3) is 0 Å². The highest BCUT2D eigenvalue weighted by atomic mass is 35.5.